The van der Waals surface area contributed by atoms with Crippen molar-refractivity contribution in [3.05, 3.63) is 35.6 Å². The number of hydrogen-bond donors (Lipinski definition) is 2. The Morgan fingerprint density at radius 3 is 2.79 bits per heavy atom. The highest BCUT2D eigenvalue weighted by molar-refractivity contribution is 5.79. The molecule has 1 amide bonds. The van der Waals surface area contributed by atoms with Gasteiger partial charge in [-0.2, -0.15) is 0 Å². The van der Waals surface area contributed by atoms with Gasteiger partial charge in [0, 0.05) is 6.04 Å². The average Bonchev–Trinajstić information content (AvgIpc) is 2.77. The van der Waals surface area contributed by atoms with E-state index in [2.05, 4.69) is 5.32 Å². The van der Waals surface area contributed by atoms with E-state index < -0.39 is 5.97 Å². The topological polar surface area (TPSA) is 66.4 Å². The third-order valence-corrected chi connectivity index (χ3v) is 3.40. The van der Waals surface area contributed by atoms with Gasteiger partial charge in [-0.1, -0.05) is 12.1 Å². The van der Waals surface area contributed by atoms with E-state index in [4.69, 9.17) is 5.11 Å². The van der Waals surface area contributed by atoms with Gasteiger partial charge in [0.2, 0.25) is 5.91 Å². The lowest BCUT2D eigenvalue weighted by Gasteiger charge is -2.12. The molecule has 1 saturated carbocycles. The van der Waals surface area contributed by atoms with Crippen LogP contribution in [0.4, 0.5) is 4.39 Å². The molecule has 1 aliphatic carbocycles. The summed E-state index contributed by atoms with van der Waals surface area (Å²) in [6.45, 7) is 0. The van der Waals surface area contributed by atoms with Gasteiger partial charge >= 0.3 is 5.97 Å². The molecule has 19 heavy (non-hydrogen) atoms. The summed E-state index contributed by atoms with van der Waals surface area (Å²) in [5, 5.41) is 11.7. The van der Waals surface area contributed by atoms with E-state index in [1.807, 2.05) is 0 Å². The molecule has 5 heteroatoms. The number of hydrogen-bond acceptors (Lipinski definition) is 2. The summed E-state index contributed by atoms with van der Waals surface area (Å²) in [6.07, 6.45) is 1.88. The fourth-order valence-electron chi connectivity index (χ4n) is 2.45. The smallest absolute Gasteiger partial charge is 0.306 e. The Hall–Kier alpha value is -1.91. The fourth-order valence-corrected chi connectivity index (χ4v) is 2.45. The second-order valence-corrected chi connectivity index (χ2v) is 4.92. The van der Waals surface area contributed by atoms with Crippen LogP contribution in [-0.4, -0.2) is 23.0 Å². The van der Waals surface area contributed by atoms with Crippen LogP contribution in [0.5, 0.6) is 0 Å². The summed E-state index contributed by atoms with van der Waals surface area (Å²) >= 11 is 0. The molecule has 0 radical (unpaired) electrons. The first-order valence-electron chi connectivity index (χ1n) is 6.31. The van der Waals surface area contributed by atoms with Crippen LogP contribution in [0.2, 0.25) is 0 Å². The monoisotopic (exact) mass is 265 g/mol. The summed E-state index contributed by atoms with van der Waals surface area (Å²) < 4.78 is 13.0. The van der Waals surface area contributed by atoms with E-state index in [9.17, 15) is 14.0 Å². The zero-order valence-corrected chi connectivity index (χ0v) is 10.4. The molecule has 1 aromatic carbocycles. The minimum atomic E-state index is -0.804. The van der Waals surface area contributed by atoms with Crippen LogP contribution in [0, 0.1) is 11.7 Å². The van der Waals surface area contributed by atoms with Gasteiger partial charge in [0.25, 0.3) is 0 Å². The Bertz CT molecular complexity index is 489. The number of carbonyl (C=O) groups is 2. The van der Waals surface area contributed by atoms with Crippen LogP contribution in [0.25, 0.3) is 0 Å². The molecule has 0 unspecified atom stereocenters. The number of nitrogens with one attached hydrogen (secondary N) is 1. The third-order valence-electron chi connectivity index (χ3n) is 3.40. The van der Waals surface area contributed by atoms with Crippen molar-refractivity contribution in [3.8, 4) is 0 Å². The summed E-state index contributed by atoms with van der Waals surface area (Å²) in [7, 11) is 0. The minimum Gasteiger partial charge on any atom is -0.481 e. The van der Waals surface area contributed by atoms with Crippen molar-refractivity contribution in [2.45, 2.75) is 31.7 Å². The number of halogens is 1. The standard InChI is InChI=1S/C14H16FNO3/c15-11-3-1-2-9(6-11)7-13(17)16-12-5-4-10(8-12)14(18)19/h1-3,6,10,12H,4-5,7-8H2,(H,16,17)(H,18,19)/t10-,12-/m1/s1. The molecule has 0 aliphatic heterocycles. The van der Waals surface area contributed by atoms with Gasteiger partial charge in [0.05, 0.1) is 12.3 Å². The van der Waals surface area contributed by atoms with Crippen molar-refractivity contribution >= 4 is 11.9 Å². The number of aliphatic carboxylic acids is 1. The highest BCUT2D eigenvalue weighted by atomic mass is 19.1. The number of amides is 1. The predicted molar refractivity (Wildman–Crippen MR) is 67.0 cm³/mol. The number of rotatable bonds is 4. The summed E-state index contributed by atoms with van der Waals surface area (Å²) in [5.41, 5.74) is 0.616. The lowest BCUT2D eigenvalue weighted by molar-refractivity contribution is -0.141. The quantitative estimate of drug-likeness (QED) is 0.871. The second kappa shape index (κ2) is 5.82. The first-order chi connectivity index (χ1) is 9.04. The molecular weight excluding hydrogens is 249 g/mol. The van der Waals surface area contributed by atoms with E-state index in [0.29, 0.717) is 24.8 Å². The van der Waals surface area contributed by atoms with Crippen LogP contribution in [0.3, 0.4) is 0 Å². The molecule has 102 valence electrons. The van der Waals surface area contributed by atoms with Gasteiger partial charge in [0.1, 0.15) is 5.82 Å². The molecule has 4 nitrogen and oxygen atoms in total. The van der Waals surface area contributed by atoms with Crippen molar-refractivity contribution in [1.29, 1.82) is 0 Å². The predicted octanol–water partition coefficient (Wildman–Crippen LogP) is 1.74. The summed E-state index contributed by atoms with van der Waals surface area (Å²) in [5.74, 6) is -1.72. The van der Waals surface area contributed by atoms with Gasteiger partial charge in [-0.05, 0) is 37.0 Å². The number of carbonyl (C=O) groups excluding carboxylic acids is 1. The zero-order chi connectivity index (χ0) is 13.8. The lowest BCUT2D eigenvalue weighted by atomic mass is 10.1. The van der Waals surface area contributed by atoms with E-state index in [1.165, 1.54) is 12.1 Å². The van der Waals surface area contributed by atoms with Crippen molar-refractivity contribution in [2.75, 3.05) is 0 Å². The van der Waals surface area contributed by atoms with E-state index in [0.717, 1.165) is 0 Å². The molecule has 0 heterocycles. The molecule has 0 bridgehead atoms. The molecule has 0 spiro atoms. The molecule has 1 aromatic rings. The highest BCUT2D eigenvalue weighted by Crippen LogP contribution is 2.25. The van der Waals surface area contributed by atoms with E-state index >= 15 is 0 Å². The van der Waals surface area contributed by atoms with Crippen LogP contribution in [-0.2, 0) is 16.0 Å². The van der Waals surface area contributed by atoms with Crippen LogP contribution >= 0.6 is 0 Å². The normalized spacial score (nSPS) is 22.2. The maximum Gasteiger partial charge on any atom is 0.306 e. The van der Waals surface area contributed by atoms with Crippen molar-refractivity contribution in [3.63, 3.8) is 0 Å². The first-order valence-corrected chi connectivity index (χ1v) is 6.31. The minimum absolute atomic E-state index is 0.0813. The van der Waals surface area contributed by atoms with Crippen molar-refractivity contribution in [1.82, 2.24) is 5.32 Å². The molecule has 1 aliphatic rings. The van der Waals surface area contributed by atoms with E-state index in [1.54, 1.807) is 12.1 Å². The number of carboxylic acid groups (broad SMARTS) is 1. The molecule has 0 saturated heterocycles. The van der Waals surface area contributed by atoms with Gasteiger partial charge in [-0.25, -0.2) is 4.39 Å². The first kappa shape index (κ1) is 13.5. The van der Waals surface area contributed by atoms with Crippen LogP contribution in [0.15, 0.2) is 24.3 Å². The lowest BCUT2D eigenvalue weighted by Crippen LogP contribution is -2.34. The molecule has 2 N–H and O–H groups in total. The number of carboxylic acids is 1. The fraction of sp³-hybridized carbons (Fsp3) is 0.429. The van der Waals surface area contributed by atoms with Gasteiger partial charge in [-0.15, -0.1) is 0 Å². The highest BCUT2D eigenvalue weighted by Gasteiger charge is 2.30. The van der Waals surface area contributed by atoms with Gasteiger partial charge in [0.15, 0.2) is 0 Å². The summed E-state index contributed by atoms with van der Waals surface area (Å²) in [6, 6.07) is 5.83. The largest absolute Gasteiger partial charge is 0.481 e. The maximum atomic E-state index is 13.0. The maximum absolute atomic E-state index is 13.0. The second-order valence-electron chi connectivity index (χ2n) is 4.92. The Morgan fingerprint density at radius 1 is 1.37 bits per heavy atom. The van der Waals surface area contributed by atoms with Gasteiger partial charge in [-0.3, -0.25) is 9.59 Å². The molecular formula is C14H16FNO3. The number of benzene rings is 1. The van der Waals surface area contributed by atoms with Crippen molar-refractivity contribution < 1.29 is 19.1 Å². The summed E-state index contributed by atoms with van der Waals surface area (Å²) in [4.78, 5) is 22.6. The molecule has 1 fully saturated rings. The van der Waals surface area contributed by atoms with E-state index in [-0.39, 0.29) is 30.1 Å². The SMILES string of the molecule is O=C(Cc1cccc(F)c1)N[C@@H]1CC[C@@H](C(=O)O)C1. The van der Waals surface area contributed by atoms with Crippen LogP contribution in [0.1, 0.15) is 24.8 Å². The molecule has 2 atom stereocenters. The average molecular weight is 265 g/mol. The van der Waals surface area contributed by atoms with Crippen molar-refractivity contribution in [2.24, 2.45) is 5.92 Å². The Balaban J connectivity index is 1.84. The van der Waals surface area contributed by atoms with Gasteiger partial charge < -0.3 is 10.4 Å². The Labute approximate surface area is 110 Å². The Morgan fingerprint density at radius 2 is 2.16 bits per heavy atom. The molecule has 2 rings (SSSR count). The Kier molecular flexibility index (Phi) is 4.14. The third kappa shape index (κ3) is 3.77. The van der Waals surface area contributed by atoms with Crippen LogP contribution < -0.4 is 5.32 Å². The molecule has 0 aromatic heterocycles. The zero-order valence-electron chi connectivity index (χ0n) is 10.4.